The number of nitrogens with zero attached hydrogens (tertiary/aromatic N) is 5. The molecule has 28 heavy (non-hydrogen) atoms. The van der Waals surface area contributed by atoms with E-state index < -0.39 is 5.97 Å². The number of methoxy groups -OCH3 is 1. The lowest BCUT2D eigenvalue weighted by molar-refractivity contribution is 0.0602. The van der Waals surface area contributed by atoms with Gasteiger partial charge in [0, 0.05) is 27.2 Å². The van der Waals surface area contributed by atoms with Gasteiger partial charge in [0.2, 0.25) is 5.95 Å². The zero-order valence-corrected chi connectivity index (χ0v) is 17.1. The molecule has 4 rings (SSSR count). The van der Waals surface area contributed by atoms with E-state index in [-0.39, 0.29) is 0 Å². The van der Waals surface area contributed by atoms with Crippen LogP contribution in [-0.2, 0) is 11.3 Å². The number of rotatable bonds is 3. The molecule has 1 aliphatic rings. The third-order valence-electron chi connectivity index (χ3n) is 5.05. The van der Waals surface area contributed by atoms with Crippen molar-refractivity contribution in [2.45, 2.75) is 19.9 Å². The first-order chi connectivity index (χ1) is 13.4. The highest BCUT2D eigenvalue weighted by molar-refractivity contribution is 6.35. The van der Waals surface area contributed by atoms with E-state index in [0.717, 1.165) is 48.0 Å². The second-order valence-electron chi connectivity index (χ2n) is 7.08. The van der Waals surface area contributed by atoms with Crippen LogP contribution in [0.15, 0.2) is 24.4 Å². The number of carbonyl (C=O) groups excluding carboxylic acids is 1. The van der Waals surface area contributed by atoms with Crippen LogP contribution in [-0.4, -0.2) is 48.3 Å². The number of hydrogen-bond donors (Lipinski definition) is 0. The minimum Gasteiger partial charge on any atom is -0.465 e. The zero-order valence-electron chi connectivity index (χ0n) is 16.4. The average molecular weight is 400 g/mol. The molecular weight excluding hydrogens is 378 g/mol. The number of aryl methyl sites for hydroxylation is 2. The van der Waals surface area contributed by atoms with Gasteiger partial charge < -0.3 is 19.1 Å². The number of esters is 1. The lowest BCUT2D eigenvalue weighted by Gasteiger charge is -2.30. The van der Waals surface area contributed by atoms with E-state index in [4.69, 9.17) is 21.3 Å². The van der Waals surface area contributed by atoms with Crippen LogP contribution in [0.2, 0.25) is 5.02 Å². The second-order valence-corrected chi connectivity index (χ2v) is 7.48. The number of fused-ring (bicyclic) bond motifs is 3. The summed E-state index contributed by atoms with van der Waals surface area (Å²) < 4.78 is 7.01. The summed E-state index contributed by atoms with van der Waals surface area (Å²) in [5.74, 6) is 1.28. The molecule has 0 saturated carbocycles. The molecule has 0 radical (unpaired) electrons. The smallest absolute Gasteiger partial charge is 0.340 e. The number of anilines is 3. The van der Waals surface area contributed by atoms with E-state index in [1.807, 2.05) is 25.2 Å². The number of halogens is 1. The van der Waals surface area contributed by atoms with Crippen LogP contribution < -0.4 is 9.80 Å². The normalized spacial score (nSPS) is 13.5. The Morgan fingerprint density at radius 3 is 2.75 bits per heavy atom. The maximum Gasteiger partial charge on any atom is 0.340 e. The van der Waals surface area contributed by atoms with E-state index in [2.05, 4.69) is 27.4 Å². The van der Waals surface area contributed by atoms with Crippen LogP contribution in [0.3, 0.4) is 0 Å². The van der Waals surface area contributed by atoms with Crippen LogP contribution in [0.25, 0.3) is 11.0 Å². The molecule has 0 N–H and O–H groups in total. The van der Waals surface area contributed by atoms with Crippen molar-refractivity contribution in [3.8, 4) is 0 Å². The summed E-state index contributed by atoms with van der Waals surface area (Å²) in [6.45, 7) is 3.64. The van der Waals surface area contributed by atoms with E-state index >= 15 is 0 Å². The van der Waals surface area contributed by atoms with Gasteiger partial charge in [0.15, 0.2) is 0 Å². The Morgan fingerprint density at radius 1 is 1.29 bits per heavy atom. The maximum absolute atomic E-state index is 12.3. The molecule has 2 aromatic heterocycles. The van der Waals surface area contributed by atoms with Gasteiger partial charge in [-0.3, -0.25) is 0 Å². The number of pyridine rings is 1. The van der Waals surface area contributed by atoms with Crippen molar-refractivity contribution in [3.63, 3.8) is 0 Å². The molecule has 0 atom stereocenters. The van der Waals surface area contributed by atoms with Crippen molar-refractivity contribution in [3.05, 3.63) is 40.5 Å². The zero-order chi connectivity index (χ0) is 20.0. The van der Waals surface area contributed by atoms with Gasteiger partial charge >= 0.3 is 5.97 Å². The Bertz CT molecular complexity index is 1080. The fraction of sp³-hybridized carbons (Fsp3) is 0.350. The van der Waals surface area contributed by atoms with E-state index in [9.17, 15) is 4.79 Å². The minimum atomic E-state index is -0.394. The lowest BCUT2D eigenvalue weighted by atomic mass is 10.1. The summed E-state index contributed by atoms with van der Waals surface area (Å²) in [5, 5.41) is 0.516. The molecule has 0 fully saturated rings. The number of benzene rings is 1. The molecule has 7 nitrogen and oxygen atoms in total. The number of imidazole rings is 1. The quantitative estimate of drug-likeness (QED) is 0.624. The van der Waals surface area contributed by atoms with Gasteiger partial charge in [0.05, 0.1) is 35.1 Å². The Kier molecular flexibility index (Phi) is 4.63. The molecule has 1 aromatic carbocycles. The fourth-order valence-electron chi connectivity index (χ4n) is 3.66. The van der Waals surface area contributed by atoms with Crippen LogP contribution in [0.5, 0.6) is 0 Å². The Morgan fingerprint density at radius 2 is 2.07 bits per heavy atom. The molecule has 0 bridgehead atoms. The van der Waals surface area contributed by atoms with Gasteiger partial charge in [-0.2, -0.15) is 0 Å². The predicted octanol–water partition coefficient (Wildman–Crippen LogP) is 3.79. The topological polar surface area (TPSA) is 63.5 Å². The first-order valence-corrected chi connectivity index (χ1v) is 9.48. The number of carbonyl (C=O) groups is 1. The summed E-state index contributed by atoms with van der Waals surface area (Å²) >= 11 is 6.41. The van der Waals surface area contributed by atoms with Crippen LogP contribution in [0.4, 0.5) is 17.5 Å². The molecule has 1 aliphatic heterocycles. The van der Waals surface area contributed by atoms with Crippen molar-refractivity contribution >= 4 is 46.1 Å². The third kappa shape index (κ3) is 2.86. The van der Waals surface area contributed by atoms with E-state index in [0.29, 0.717) is 16.1 Å². The summed E-state index contributed by atoms with van der Waals surface area (Å²) in [5.41, 5.74) is 3.91. The van der Waals surface area contributed by atoms with E-state index in [1.54, 1.807) is 12.1 Å². The monoisotopic (exact) mass is 399 g/mol. The van der Waals surface area contributed by atoms with Gasteiger partial charge in [0.25, 0.3) is 0 Å². The highest BCUT2D eigenvalue weighted by Gasteiger charge is 2.28. The van der Waals surface area contributed by atoms with E-state index in [1.165, 1.54) is 7.11 Å². The predicted molar refractivity (Wildman–Crippen MR) is 111 cm³/mol. The Hall–Kier alpha value is -2.80. The van der Waals surface area contributed by atoms with Gasteiger partial charge in [-0.25, -0.2) is 14.8 Å². The molecule has 0 saturated heterocycles. The lowest BCUT2D eigenvalue weighted by Crippen LogP contribution is -2.29. The van der Waals surface area contributed by atoms with Crippen molar-refractivity contribution in [1.29, 1.82) is 0 Å². The minimum absolute atomic E-state index is 0.394. The molecule has 8 heteroatoms. The molecule has 0 amide bonds. The number of ether oxygens (including phenoxy) is 1. The van der Waals surface area contributed by atoms with Crippen LogP contribution in [0, 0.1) is 6.92 Å². The molecule has 146 valence electrons. The highest BCUT2D eigenvalue weighted by Crippen LogP contribution is 2.37. The van der Waals surface area contributed by atoms with Crippen molar-refractivity contribution in [2.24, 2.45) is 0 Å². The maximum atomic E-state index is 12.3. The highest BCUT2D eigenvalue weighted by atomic mass is 35.5. The Labute approximate surface area is 168 Å². The molecule has 3 aromatic rings. The summed E-state index contributed by atoms with van der Waals surface area (Å²) in [4.78, 5) is 25.8. The van der Waals surface area contributed by atoms with Gasteiger partial charge in [-0.05, 0) is 37.1 Å². The standard InChI is InChI=1S/C20H22ClN5O2/c1-12-10-16(24(2)3)22-11-15(12)25-8-5-9-26-18-13(19(27)28-4)6-7-14(21)17(18)23-20(25)26/h6-7,10-11H,5,8-9H2,1-4H3. The Balaban J connectivity index is 1.90. The fourth-order valence-corrected chi connectivity index (χ4v) is 3.86. The number of aromatic nitrogens is 3. The van der Waals surface area contributed by atoms with Crippen molar-refractivity contribution < 1.29 is 9.53 Å². The van der Waals surface area contributed by atoms with Crippen molar-refractivity contribution in [1.82, 2.24) is 14.5 Å². The SMILES string of the molecule is COC(=O)c1ccc(Cl)c2nc3n(c12)CCCN3c1cnc(N(C)C)cc1C. The molecule has 0 unspecified atom stereocenters. The van der Waals surface area contributed by atoms with Crippen LogP contribution >= 0.6 is 11.6 Å². The summed E-state index contributed by atoms with van der Waals surface area (Å²) in [6.07, 6.45) is 2.79. The first kappa shape index (κ1) is 18.6. The summed E-state index contributed by atoms with van der Waals surface area (Å²) in [6, 6.07) is 5.45. The van der Waals surface area contributed by atoms with Gasteiger partial charge in [-0.15, -0.1) is 0 Å². The molecular formula is C20H22ClN5O2. The molecule has 3 heterocycles. The largest absolute Gasteiger partial charge is 0.465 e. The van der Waals surface area contributed by atoms with Gasteiger partial charge in [0.1, 0.15) is 11.3 Å². The molecule has 0 aliphatic carbocycles. The van der Waals surface area contributed by atoms with Crippen molar-refractivity contribution in [2.75, 3.05) is 37.5 Å². The summed E-state index contributed by atoms with van der Waals surface area (Å²) in [7, 11) is 5.32. The second kappa shape index (κ2) is 6.98. The number of hydrogen-bond acceptors (Lipinski definition) is 6. The average Bonchev–Trinajstić information content (AvgIpc) is 3.08. The third-order valence-corrected chi connectivity index (χ3v) is 5.36. The molecule has 0 spiro atoms. The van der Waals surface area contributed by atoms with Gasteiger partial charge in [-0.1, -0.05) is 11.6 Å². The van der Waals surface area contributed by atoms with Crippen LogP contribution in [0.1, 0.15) is 22.3 Å². The first-order valence-electron chi connectivity index (χ1n) is 9.11.